The zero-order valence-electron chi connectivity index (χ0n) is 12.0. The van der Waals surface area contributed by atoms with Gasteiger partial charge in [-0.2, -0.15) is 0 Å². The fraction of sp³-hybridized carbons (Fsp3) is 0.929. The Morgan fingerprint density at radius 1 is 1.18 bits per heavy atom. The normalized spacial score (nSPS) is 13.1. The van der Waals surface area contributed by atoms with E-state index in [9.17, 15) is 4.79 Å². The minimum Gasteiger partial charge on any atom is -0.356 e. The van der Waals surface area contributed by atoms with Crippen molar-refractivity contribution in [2.45, 2.75) is 53.4 Å². The molecule has 0 saturated carbocycles. The Bertz CT molecular complexity index is 200. The molecule has 1 amide bonds. The molecule has 17 heavy (non-hydrogen) atoms. The van der Waals surface area contributed by atoms with Crippen molar-refractivity contribution in [1.82, 2.24) is 5.32 Å². The number of carbonyl (C=O) groups excluding carboxylic acids is 1. The molecule has 0 aromatic rings. The van der Waals surface area contributed by atoms with Crippen LogP contribution in [0.1, 0.15) is 53.4 Å². The maximum atomic E-state index is 11.8. The van der Waals surface area contributed by atoms with E-state index in [4.69, 9.17) is 5.73 Å². The summed E-state index contributed by atoms with van der Waals surface area (Å²) in [7, 11) is 0. The number of nitrogens with two attached hydrogens (primary N) is 1. The molecular formula is C14H30N2O. The predicted molar refractivity (Wildman–Crippen MR) is 73.7 cm³/mol. The minimum atomic E-state index is 0.160. The van der Waals surface area contributed by atoms with Gasteiger partial charge in [0.25, 0.3) is 0 Å². The van der Waals surface area contributed by atoms with Gasteiger partial charge in [-0.1, -0.05) is 40.5 Å². The average Bonchev–Trinajstić information content (AvgIpc) is 2.28. The van der Waals surface area contributed by atoms with Gasteiger partial charge >= 0.3 is 0 Å². The quantitative estimate of drug-likeness (QED) is 0.653. The molecule has 0 fully saturated rings. The van der Waals surface area contributed by atoms with Crippen LogP contribution in [0.2, 0.25) is 0 Å². The molecule has 3 nitrogen and oxygen atoms in total. The minimum absolute atomic E-state index is 0.160. The lowest BCUT2D eigenvalue weighted by Crippen LogP contribution is -2.32. The van der Waals surface area contributed by atoms with Gasteiger partial charge in [0, 0.05) is 13.0 Å². The Kier molecular flexibility index (Phi) is 9.14. The first kappa shape index (κ1) is 16.4. The van der Waals surface area contributed by atoms with E-state index < -0.39 is 0 Å². The molecule has 0 rings (SSSR count). The average molecular weight is 242 g/mol. The van der Waals surface area contributed by atoms with Gasteiger partial charge in [-0.25, -0.2) is 0 Å². The van der Waals surface area contributed by atoms with Crippen LogP contribution in [0, 0.1) is 17.8 Å². The van der Waals surface area contributed by atoms with E-state index in [1.165, 1.54) is 0 Å². The largest absolute Gasteiger partial charge is 0.356 e. The third-order valence-corrected chi connectivity index (χ3v) is 3.35. The van der Waals surface area contributed by atoms with E-state index in [-0.39, 0.29) is 5.91 Å². The van der Waals surface area contributed by atoms with Crippen molar-refractivity contribution in [2.24, 2.45) is 23.5 Å². The topological polar surface area (TPSA) is 55.1 Å². The molecule has 1 unspecified atom stereocenters. The summed E-state index contributed by atoms with van der Waals surface area (Å²) < 4.78 is 0. The molecule has 0 heterocycles. The maximum Gasteiger partial charge on any atom is 0.220 e. The fourth-order valence-corrected chi connectivity index (χ4v) is 2.10. The Morgan fingerprint density at radius 2 is 1.76 bits per heavy atom. The number of rotatable bonds is 9. The van der Waals surface area contributed by atoms with Crippen LogP contribution in [0.25, 0.3) is 0 Å². The summed E-state index contributed by atoms with van der Waals surface area (Å²) in [6.45, 7) is 10.1. The molecule has 1 atom stereocenters. The maximum absolute atomic E-state index is 11.8. The van der Waals surface area contributed by atoms with Crippen molar-refractivity contribution in [2.75, 3.05) is 13.1 Å². The first-order valence-electron chi connectivity index (χ1n) is 7.00. The summed E-state index contributed by atoms with van der Waals surface area (Å²) in [5.74, 6) is 1.71. The van der Waals surface area contributed by atoms with Gasteiger partial charge in [0.2, 0.25) is 5.91 Å². The monoisotopic (exact) mass is 242 g/mol. The lowest BCUT2D eigenvalue weighted by molar-refractivity contribution is -0.122. The van der Waals surface area contributed by atoms with Crippen molar-refractivity contribution < 1.29 is 4.79 Å². The Balaban J connectivity index is 3.90. The van der Waals surface area contributed by atoms with E-state index in [1.807, 2.05) is 0 Å². The molecule has 102 valence electrons. The van der Waals surface area contributed by atoms with Gasteiger partial charge in [0.15, 0.2) is 0 Å². The second kappa shape index (κ2) is 9.46. The van der Waals surface area contributed by atoms with Gasteiger partial charge in [0.1, 0.15) is 0 Å². The van der Waals surface area contributed by atoms with Crippen LogP contribution in [0.4, 0.5) is 0 Å². The molecule has 0 aliphatic heterocycles. The van der Waals surface area contributed by atoms with Crippen molar-refractivity contribution in [1.29, 1.82) is 0 Å². The van der Waals surface area contributed by atoms with Crippen molar-refractivity contribution in [3.8, 4) is 0 Å². The number of hydrogen-bond acceptors (Lipinski definition) is 2. The standard InChI is InChI=1S/C14H30N2O/c1-5-12(6-2)10-16-14(17)8-13(9-15)7-11(3)4/h11-13H,5-10,15H2,1-4H3,(H,16,17). The van der Waals surface area contributed by atoms with E-state index in [1.54, 1.807) is 0 Å². The van der Waals surface area contributed by atoms with Crippen LogP contribution in [-0.4, -0.2) is 19.0 Å². The van der Waals surface area contributed by atoms with Crippen LogP contribution < -0.4 is 11.1 Å². The third kappa shape index (κ3) is 8.19. The van der Waals surface area contributed by atoms with E-state index in [0.29, 0.717) is 30.7 Å². The highest BCUT2D eigenvalue weighted by Crippen LogP contribution is 2.14. The second-order valence-corrected chi connectivity index (χ2v) is 5.42. The highest BCUT2D eigenvalue weighted by molar-refractivity contribution is 5.76. The summed E-state index contributed by atoms with van der Waals surface area (Å²) in [6, 6.07) is 0. The molecule has 0 aromatic carbocycles. The van der Waals surface area contributed by atoms with Crippen LogP contribution in [0.5, 0.6) is 0 Å². The van der Waals surface area contributed by atoms with E-state index >= 15 is 0 Å². The number of nitrogens with one attached hydrogen (secondary N) is 1. The third-order valence-electron chi connectivity index (χ3n) is 3.35. The Labute approximate surface area is 107 Å². The SMILES string of the molecule is CCC(CC)CNC(=O)CC(CN)CC(C)C. The van der Waals surface area contributed by atoms with Crippen LogP contribution in [0.3, 0.4) is 0 Å². The molecule has 0 aromatic heterocycles. The van der Waals surface area contributed by atoms with Crippen molar-refractivity contribution in [3.05, 3.63) is 0 Å². The summed E-state index contributed by atoms with van der Waals surface area (Å²) in [4.78, 5) is 11.8. The molecule has 0 radical (unpaired) electrons. The second-order valence-electron chi connectivity index (χ2n) is 5.42. The zero-order valence-corrected chi connectivity index (χ0v) is 12.0. The summed E-state index contributed by atoms with van der Waals surface area (Å²) >= 11 is 0. The first-order chi connectivity index (χ1) is 8.03. The molecule has 3 N–H and O–H groups in total. The fourth-order valence-electron chi connectivity index (χ4n) is 2.10. The highest BCUT2D eigenvalue weighted by Gasteiger charge is 2.14. The van der Waals surface area contributed by atoms with Crippen LogP contribution in [-0.2, 0) is 4.79 Å². The van der Waals surface area contributed by atoms with Gasteiger partial charge in [-0.05, 0) is 30.7 Å². The summed E-state index contributed by atoms with van der Waals surface area (Å²) in [5.41, 5.74) is 5.70. The van der Waals surface area contributed by atoms with Gasteiger partial charge in [-0.15, -0.1) is 0 Å². The number of carbonyl (C=O) groups is 1. The first-order valence-corrected chi connectivity index (χ1v) is 7.00. The van der Waals surface area contributed by atoms with E-state index in [0.717, 1.165) is 25.8 Å². The molecular weight excluding hydrogens is 212 g/mol. The van der Waals surface area contributed by atoms with Crippen LogP contribution >= 0.6 is 0 Å². The lowest BCUT2D eigenvalue weighted by Gasteiger charge is -2.18. The predicted octanol–water partition coefficient (Wildman–Crippen LogP) is 2.55. The Morgan fingerprint density at radius 3 is 2.18 bits per heavy atom. The number of hydrogen-bond donors (Lipinski definition) is 2. The smallest absolute Gasteiger partial charge is 0.220 e. The highest BCUT2D eigenvalue weighted by atomic mass is 16.1. The van der Waals surface area contributed by atoms with Gasteiger partial charge in [-0.3, -0.25) is 4.79 Å². The lowest BCUT2D eigenvalue weighted by atomic mass is 9.94. The zero-order chi connectivity index (χ0) is 13.3. The van der Waals surface area contributed by atoms with Gasteiger partial charge in [0.05, 0.1) is 0 Å². The molecule has 3 heteroatoms. The van der Waals surface area contributed by atoms with Gasteiger partial charge < -0.3 is 11.1 Å². The number of amides is 1. The molecule has 0 bridgehead atoms. The van der Waals surface area contributed by atoms with E-state index in [2.05, 4.69) is 33.0 Å². The van der Waals surface area contributed by atoms with Crippen molar-refractivity contribution >= 4 is 5.91 Å². The molecule has 0 aliphatic carbocycles. The molecule has 0 spiro atoms. The van der Waals surface area contributed by atoms with Crippen molar-refractivity contribution in [3.63, 3.8) is 0 Å². The molecule has 0 saturated heterocycles. The van der Waals surface area contributed by atoms with Crippen LogP contribution in [0.15, 0.2) is 0 Å². The Hall–Kier alpha value is -0.570. The summed E-state index contributed by atoms with van der Waals surface area (Å²) in [6.07, 6.45) is 3.87. The summed E-state index contributed by atoms with van der Waals surface area (Å²) in [5, 5.41) is 3.03. The molecule has 0 aliphatic rings.